The van der Waals surface area contributed by atoms with Crippen molar-refractivity contribution in [3.8, 4) is 11.3 Å². The van der Waals surface area contributed by atoms with Gasteiger partial charge in [-0.15, -0.1) is 11.3 Å². The van der Waals surface area contributed by atoms with E-state index in [1.54, 1.807) is 17.5 Å². The molecule has 0 fully saturated rings. The molecule has 0 unspecified atom stereocenters. The second-order valence-electron chi connectivity index (χ2n) is 3.21. The molecule has 74 valence electrons. The van der Waals surface area contributed by atoms with Crippen LogP contribution in [0.2, 0.25) is 0 Å². The standard InChI is InChI=1S/C11H8N2OS/c12-11-13-5-9(14-11)8-6-15-10-4-2-1-3-7(8)10/h1-6H,(H2,12,13). The summed E-state index contributed by atoms with van der Waals surface area (Å²) in [6.45, 7) is 0. The fourth-order valence-corrected chi connectivity index (χ4v) is 2.53. The lowest BCUT2D eigenvalue weighted by Gasteiger charge is -1.92. The molecule has 2 heterocycles. The number of rotatable bonds is 1. The van der Waals surface area contributed by atoms with Crippen LogP contribution in [0.3, 0.4) is 0 Å². The second kappa shape index (κ2) is 3.10. The number of hydrogen-bond donors (Lipinski definition) is 1. The molecule has 0 aliphatic carbocycles. The maximum absolute atomic E-state index is 5.45. The van der Waals surface area contributed by atoms with Crippen LogP contribution in [0.4, 0.5) is 6.01 Å². The Labute approximate surface area is 90.2 Å². The molecule has 0 aliphatic heterocycles. The number of aromatic nitrogens is 1. The first-order valence-electron chi connectivity index (χ1n) is 4.52. The summed E-state index contributed by atoms with van der Waals surface area (Å²) >= 11 is 1.69. The third kappa shape index (κ3) is 1.30. The molecular weight excluding hydrogens is 208 g/mol. The van der Waals surface area contributed by atoms with Gasteiger partial charge in [-0.05, 0) is 6.07 Å². The van der Waals surface area contributed by atoms with Gasteiger partial charge < -0.3 is 10.2 Å². The summed E-state index contributed by atoms with van der Waals surface area (Å²) in [5.74, 6) is 0.727. The van der Waals surface area contributed by atoms with Crippen molar-refractivity contribution >= 4 is 27.4 Å². The van der Waals surface area contributed by atoms with E-state index in [1.165, 1.54) is 10.1 Å². The van der Waals surface area contributed by atoms with Crippen LogP contribution in [0.1, 0.15) is 0 Å². The number of fused-ring (bicyclic) bond motifs is 1. The van der Waals surface area contributed by atoms with Crippen LogP contribution in [0.25, 0.3) is 21.4 Å². The number of benzene rings is 1. The number of oxazole rings is 1. The SMILES string of the molecule is Nc1ncc(-c2csc3ccccc23)o1. The van der Waals surface area contributed by atoms with Gasteiger partial charge in [-0.25, -0.2) is 4.98 Å². The van der Waals surface area contributed by atoms with Crippen molar-refractivity contribution in [1.29, 1.82) is 0 Å². The Morgan fingerprint density at radius 3 is 2.93 bits per heavy atom. The summed E-state index contributed by atoms with van der Waals surface area (Å²) < 4.78 is 6.55. The molecule has 3 aromatic rings. The third-order valence-corrected chi connectivity index (χ3v) is 3.23. The van der Waals surface area contributed by atoms with E-state index in [0.29, 0.717) is 0 Å². The minimum atomic E-state index is 0.209. The molecule has 0 saturated heterocycles. The lowest BCUT2D eigenvalue weighted by molar-refractivity contribution is 0.595. The second-order valence-corrected chi connectivity index (χ2v) is 4.12. The number of nitrogens with zero attached hydrogens (tertiary/aromatic N) is 1. The van der Waals surface area contributed by atoms with E-state index in [1.807, 2.05) is 12.1 Å². The fraction of sp³-hybridized carbons (Fsp3) is 0. The fourth-order valence-electron chi connectivity index (χ4n) is 1.58. The van der Waals surface area contributed by atoms with Gasteiger partial charge in [-0.2, -0.15) is 0 Å². The number of anilines is 1. The van der Waals surface area contributed by atoms with E-state index in [2.05, 4.69) is 22.5 Å². The van der Waals surface area contributed by atoms with Crippen molar-refractivity contribution in [2.45, 2.75) is 0 Å². The minimum absolute atomic E-state index is 0.209. The van der Waals surface area contributed by atoms with Crippen molar-refractivity contribution in [3.05, 3.63) is 35.8 Å². The molecule has 15 heavy (non-hydrogen) atoms. The van der Waals surface area contributed by atoms with E-state index in [4.69, 9.17) is 10.2 Å². The smallest absolute Gasteiger partial charge is 0.292 e. The topological polar surface area (TPSA) is 52.0 Å². The Morgan fingerprint density at radius 1 is 1.27 bits per heavy atom. The highest BCUT2D eigenvalue weighted by molar-refractivity contribution is 7.17. The normalized spacial score (nSPS) is 10.9. The average molecular weight is 216 g/mol. The maximum Gasteiger partial charge on any atom is 0.292 e. The summed E-state index contributed by atoms with van der Waals surface area (Å²) in [6, 6.07) is 8.40. The van der Waals surface area contributed by atoms with Crippen LogP contribution in [-0.4, -0.2) is 4.98 Å². The Morgan fingerprint density at radius 2 is 2.13 bits per heavy atom. The number of thiophene rings is 1. The van der Waals surface area contributed by atoms with Gasteiger partial charge in [0, 0.05) is 21.0 Å². The molecule has 0 amide bonds. The monoisotopic (exact) mass is 216 g/mol. The lowest BCUT2D eigenvalue weighted by Crippen LogP contribution is -1.79. The summed E-state index contributed by atoms with van der Waals surface area (Å²) in [5.41, 5.74) is 6.51. The van der Waals surface area contributed by atoms with Crippen molar-refractivity contribution in [1.82, 2.24) is 4.98 Å². The molecule has 0 bridgehead atoms. The summed E-state index contributed by atoms with van der Waals surface area (Å²) in [7, 11) is 0. The van der Waals surface area contributed by atoms with Gasteiger partial charge in [-0.3, -0.25) is 0 Å². The zero-order valence-corrected chi connectivity index (χ0v) is 8.62. The van der Waals surface area contributed by atoms with Crippen LogP contribution >= 0.6 is 11.3 Å². The number of nitrogens with two attached hydrogens (primary N) is 1. The zero-order chi connectivity index (χ0) is 10.3. The molecule has 2 N–H and O–H groups in total. The summed E-state index contributed by atoms with van der Waals surface area (Å²) in [4.78, 5) is 3.90. The highest BCUT2D eigenvalue weighted by Crippen LogP contribution is 2.34. The quantitative estimate of drug-likeness (QED) is 0.679. The van der Waals surface area contributed by atoms with Crippen molar-refractivity contribution in [2.24, 2.45) is 0 Å². The Bertz CT molecular complexity index is 612. The molecule has 2 aromatic heterocycles. The van der Waals surface area contributed by atoms with Gasteiger partial charge in [0.15, 0.2) is 5.76 Å². The molecule has 0 aliphatic rings. The predicted octanol–water partition coefficient (Wildman–Crippen LogP) is 3.14. The maximum atomic E-state index is 5.45. The predicted molar refractivity (Wildman–Crippen MR) is 61.7 cm³/mol. The minimum Gasteiger partial charge on any atom is -0.424 e. The Balaban J connectivity index is 2.27. The molecule has 0 radical (unpaired) electrons. The Hall–Kier alpha value is -1.81. The van der Waals surface area contributed by atoms with Crippen molar-refractivity contribution < 1.29 is 4.42 Å². The molecule has 0 spiro atoms. The Kier molecular flexibility index (Phi) is 1.76. The van der Waals surface area contributed by atoms with Gasteiger partial charge in [0.2, 0.25) is 0 Å². The highest BCUT2D eigenvalue weighted by Gasteiger charge is 2.09. The zero-order valence-electron chi connectivity index (χ0n) is 7.81. The third-order valence-electron chi connectivity index (χ3n) is 2.27. The van der Waals surface area contributed by atoms with E-state index < -0.39 is 0 Å². The van der Waals surface area contributed by atoms with Crippen LogP contribution in [-0.2, 0) is 0 Å². The number of hydrogen-bond acceptors (Lipinski definition) is 4. The first-order valence-corrected chi connectivity index (χ1v) is 5.40. The number of nitrogen functional groups attached to an aromatic ring is 1. The largest absolute Gasteiger partial charge is 0.424 e. The molecular formula is C11H8N2OS. The van der Waals surface area contributed by atoms with Crippen LogP contribution in [0, 0.1) is 0 Å². The lowest BCUT2D eigenvalue weighted by atomic mass is 10.1. The van der Waals surface area contributed by atoms with Gasteiger partial charge in [-0.1, -0.05) is 18.2 Å². The van der Waals surface area contributed by atoms with Crippen LogP contribution < -0.4 is 5.73 Å². The van der Waals surface area contributed by atoms with Crippen molar-refractivity contribution in [2.75, 3.05) is 5.73 Å². The molecule has 3 rings (SSSR count). The average Bonchev–Trinajstić information content (AvgIpc) is 2.83. The molecule has 4 heteroatoms. The summed E-state index contributed by atoms with van der Waals surface area (Å²) in [6.07, 6.45) is 1.66. The highest BCUT2D eigenvalue weighted by atomic mass is 32.1. The van der Waals surface area contributed by atoms with Gasteiger partial charge in [0.1, 0.15) is 0 Å². The van der Waals surface area contributed by atoms with Gasteiger partial charge in [0.25, 0.3) is 6.01 Å². The molecule has 3 nitrogen and oxygen atoms in total. The molecule has 0 saturated carbocycles. The first-order chi connectivity index (χ1) is 7.34. The van der Waals surface area contributed by atoms with Crippen LogP contribution in [0.15, 0.2) is 40.3 Å². The van der Waals surface area contributed by atoms with Gasteiger partial charge in [0.05, 0.1) is 6.20 Å². The first kappa shape index (κ1) is 8.49. The van der Waals surface area contributed by atoms with E-state index >= 15 is 0 Å². The molecule has 1 aromatic carbocycles. The van der Waals surface area contributed by atoms with E-state index in [9.17, 15) is 0 Å². The molecule has 0 atom stereocenters. The van der Waals surface area contributed by atoms with Gasteiger partial charge >= 0.3 is 0 Å². The van der Waals surface area contributed by atoms with E-state index in [0.717, 1.165) is 11.3 Å². The summed E-state index contributed by atoms with van der Waals surface area (Å²) in [5, 5.41) is 3.24. The van der Waals surface area contributed by atoms with Crippen LogP contribution in [0.5, 0.6) is 0 Å². The van der Waals surface area contributed by atoms with Crippen molar-refractivity contribution in [3.63, 3.8) is 0 Å². The van der Waals surface area contributed by atoms with E-state index in [-0.39, 0.29) is 6.01 Å².